The molecule has 0 saturated carbocycles. The van der Waals surface area contributed by atoms with Crippen LogP contribution in [0.2, 0.25) is 0 Å². The van der Waals surface area contributed by atoms with Gasteiger partial charge in [-0.25, -0.2) is 18.6 Å². The molecule has 0 fully saturated rings. The highest BCUT2D eigenvalue weighted by Crippen LogP contribution is 2.30. The number of hydrogen-bond donors (Lipinski definition) is 1. The van der Waals surface area contributed by atoms with Crippen LogP contribution in [0.1, 0.15) is 35.1 Å². The Bertz CT molecular complexity index is 427. The maximum atomic E-state index is 12.7. The van der Waals surface area contributed by atoms with Crippen molar-refractivity contribution < 1.29 is 18.3 Å². The number of hydrogen-bond acceptors (Lipinski definition) is 4. The van der Waals surface area contributed by atoms with Crippen molar-refractivity contribution in [2.45, 2.75) is 19.9 Å². The zero-order valence-corrected chi connectivity index (χ0v) is 10.6. The van der Waals surface area contributed by atoms with E-state index in [1.807, 2.05) is 0 Å². The van der Waals surface area contributed by atoms with Gasteiger partial charge in [0.25, 0.3) is 6.43 Å². The van der Waals surface area contributed by atoms with Crippen molar-refractivity contribution in [3.05, 3.63) is 27.5 Å². The van der Waals surface area contributed by atoms with Crippen LogP contribution < -0.4 is 5.73 Å². The van der Waals surface area contributed by atoms with Gasteiger partial charge in [-0.15, -0.1) is 0 Å². The summed E-state index contributed by atoms with van der Waals surface area (Å²) in [5.41, 5.74) is 5.06. The molecule has 0 aliphatic rings. The van der Waals surface area contributed by atoms with E-state index in [4.69, 9.17) is 10.5 Å². The summed E-state index contributed by atoms with van der Waals surface area (Å²) in [7, 11) is 0. The van der Waals surface area contributed by atoms with Crippen molar-refractivity contribution in [1.29, 1.82) is 0 Å². The van der Waals surface area contributed by atoms with Crippen molar-refractivity contribution >= 4 is 21.9 Å². The van der Waals surface area contributed by atoms with Gasteiger partial charge in [-0.1, -0.05) is 0 Å². The fraction of sp³-hybridized carbons (Fsp3) is 0.400. The summed E-state index contributed by atoms with van der Waals surface area (Å²) in [6.45, 7) is 1.73. The van der Waals surface area contributed by atoms with E-state index in [2.05, 4.69) is 20.9 Å². The lowest BCUT2D eigenvalue weighted by Crippen LogP contribution is -2.13. The van der Waals surface area contributed by atoms with Crippen molar-refractivity contribution in [2.75, 3.05) is 6.61 Å². The first-order valence-electron chi connectivity index (χ1n) is 4.85. The fourth-order valence-corrected chi connectivity index (χ4v) is 1.74. The number of alkyl halides is 2. The number of halogens is 3. The van der Waals surface area contributed by atoms with Crippen LogP contribution >= 0.6 is 15.9 Å². The molecule has 94 valence electrons. The highest BCUT2D eigenvalue weighted by Gasteiger charge is 2.22. The Morgan fingerprint density at radius 1 is 1.65 bits per heavy atom. The van der Waals surface area contributed by atoms with Crippen LogP contribution in [0, 0.1) is 0 Å². The number of carbonyl (C=O) groups excluding carboxylic acids is 1. The Hall–Kier alpha value is -1.08. The highest BCUT2D eigenvalue weighted by molar-refractivity contribution is 9.10. The first-order valence-corrected chi connectivity index (χ1v) is 5.65. The number of nitrogens with two attached hydrogens (primary N) is 1. The predicted molar refractivity (Wildman–Crippen MR) is 60.7 cm³/mol. The fourth-order valence-electron chi connectivity index (χ4n) is 1.20. The molecule has 2 N–H and O–H groups in total. The molecule has 0 aliphatic heterocycles. The molecule has 0 radical (unpaired) electrons. The van der Waals surface area contributed by atoms with Crippen molar-refractivity contribution in [2.24, 2.45) is 5.73 Å². The molecule has 1 aromatic rings. The van der Waals surface area contributed by atoms with E-state index in [9.17, 15) is 13.6 Å². The molecule has 0 unspecified atom stereocenters. The zero-order valence-electron chi connectivity index (χ0n) is 9.04. The lowest BCUT2D eigenvalue weighted by atomic mass is 10.2. The Morgan fingerprint density at radius 2 is 2.29 bits per heavy atom. The van der Waals surface area contributed by atoms with Crippen LogP contribution in [0.15, 0.2) is 10.5 Å². The summed E-state index contributed by atoms with van der Waals surface area (Å²) in [4.78, 5) is 15.4. The predicted octanol–water partition coefficient (Wildman–Crippen LogP) is 2.42. The van der Waals surface area contributed by atoms with Crippen molar-refractivity contribution in [1.82, 2.24) is 4.98 Å². The quantitative estimate of drug-likeness (QED) is 0.868. The van der Waals surface area contributed by atoms with Gasteiger partial charge in [0.15, 0.2) is 5.69 Å². The molecule has 17 heavy (non-hydrogen) atoms. The zero-order chi connectivity index (χ0) is 13.0. The van der Waals surface area contributed by atoms with E-state index in [-0.39, 0.29) is 34.6 Å². The van der Waals surface area contributed by atoms with Gasteiger partial charge in [0, 0.05) is 12.1 Å². The summed E-state index contributed by atoms with van der Waals surface area (Å²) in [5, 5.41) is 0. The van der Waals surface area contributed by atoms with Crippen molar-refractivity contribution in [3.8, 4) is 0 Å². The smallest absolute Gasteiger partial charge is 0.358 e. The van der Waals surface area contributed by atoms with Gasteiger partial charge < -0.3 is 10.5 Å². The monoisotopic (exact) mass is 308 g/mol. The lowest BCUT2D eigenvalue weighted by molar-refractivity contribution is 0.0517. The van der Waals surface area contributed by atoms with Gasteiger partial charge in [-0.2, -0.15) is 0 Å². The Morgan fingerprint density at radius 3 is 2.76 bits per heavy atom. The number of esters is 1. The van der Waals surface area contributed by atoms with Gasteiger partial charge in [0.05, 0.1) is 16.8 Å². The minimum Gasteiger partial charge on any atom is -0.461 e. The molecule has 0 aromatic carbocycles. The van der Waals surface area contributed by atoms with Gasteiger partial charge in [0.1, 0.15) is 0 Å². The Labute approximate surface area is 105 Å². The molecule has 1 aromatic heterocycles. The number of ether oxygens (including phenoxy) is 1. The second-order valence-corrected chi connectivity index (χ2v) is 3.88. The number of pyridine rings is 1. The second-order valence-electron chi connectivity index (χ2n) is 3.09. The summed E-state index contributed by atoms with van der Waals surface area (Å²) < 4.78 is 30.1. The second kappa shape index (κ2) is 6.02. The third kappa shape index (κ3) is 3.19. The first kappa shape index (κ1) is 14.0. The number of carbonyl (C=O) groups is 1. The first-order chi connectivity index (χ1) is 8.01. The lowest BCUT2D eigenvalue weighted by Gasteiger charge is -2.10. The van der Waals surface area contributed by atoms with E-state index >= 15 is 0 Å². The maximum absolute atomic E-state index is 12.7. The maximum Gasteiger partial charge on any atom is 0.358 e. The Balaban J connectivity index is 3.28. The summed E-state index contributed by atoms with van der Waals surface area (Å²) in [6, 6.07) is 1.16. The van der Waals surface area contributed by atoms with Gasteiger partial charge >= 0.3 is 5.97 Å². The van der Waals surface area contributed by atoms with E-state index in [1.165, 1.54) is 0 Å². The third-order valence-electron chi connectivity index (χ3n) is 1.95. The third-order valence-corrected chi connectivity index (χ3v) is 2.79. The topological polar surface area (TPSA) is 65.2 Å². The molecule has 0 bridgehead atoms. The van der Waals surface area contributed by atoms with E-state index in [1.54, 1.807) is 6.92 Å². The number of nitrogens with zero attached hydrogens (tertiary/aromatic N) is 1. The molecule has 4 nitrogen and oxygen atoms in total. The van der Waals surface area contributed by atoms with E-state index < -0.39 is 12.4 Å². The molecule has 0 atom stereocenters. The van der Waals surface area contributed by atoms with Gasteiger partial charge in [-0.3, -0.25) is 0 Å². The molecule has 1 heterocycles. The molecule has 0 amide bonds. The summed E-state index contributed by atoms with van der Waals surface area (Å²) in [6.07, 6.45) is -2.72. The number of rotatable bonds is 4. The SMILES string of the molecule is CCOC(=O)c1nc(CN)cc(C(F)F)c1Br. The van der Waals surface area contributed by atoms with Crippen LogP contribution in [0.25, 0.3) is 0 Å². The van der Waals surface area contributed by atoms with Crippen molar-refractivity contribution in [3.63, 3.8) is 0 Å². The van der Waals surface area contributed by atoms with E-state index in [0.717, 1.165) is 6.07 Å². The van der Waals surface area contributed by atoms with Crippen LogP contribution in [0.3, 0.4) is 0 Å². The van der Waals surface area contributed by atoms with Crippen LogP contribution in [-0.2, 0) is 11.3 Å². The molecule has 0 aliphatic carbocycles. The summed E-state index contributed by atoms with van der Waals surface area (Å²) in [5.74, 6) is -0.753. The van der Waals surface area contributed by atoms with Crippen LogP contribution in [0.5, 0.6) is 0 Å². The molecule has 0 saturated heterocycles. The molecule has 7 heteroatoms. The minimum absolute atomic E-state index is 0.0284. The van der Waals surface area contributed by atoms with E-state index in [0.29, 0.717) is 0 Å². The highest BCUT2D eigenvalue weighted by atomic mass is 79.9. The largest absolute Gasteiger partial charge is 0.461 e. The standard InChI is InChI=1S/C10H11BrF2N2O2/c1-2-17-10(16)8-7(11)6(9(12)13)3-5(4-14)15-8/h3,9H,2,4,14H2,1H3. The van der Waals surface area contributed by atoms with Crippen LogP contribution in [0.4, 0.5) is 8.78 Å². The average molecular weight is 309 g/mol. The molecule has 0 spiro atoms. The molecular weight excluding hydrogens is 298 g/mol. The Kier molecular flexibility index (Phi) is 4.95. The molecule has 1 rings (SSSR count). The van der Waals surface area contributed by atoms with Gasteiger partial charge in [-0.05, 0) is 28.9 Å². The normalized spacial score (nSPS) is 10.7. The summed E-state index contributed by atoms with van der Waals surface area (Å²) >= 11 is 2.93. The van der Waals surface area contributed by atoms with Crippen LogP contribution in [-0.4, -0.2) is 17.6 Å². The van der Waals surface area contributed by atoms with Gasteiger partial charge in [0.2, 0.25) is 0 Å². The average Bonchev–Trinajstić information content (AvgIpc) is 2.29. The minimum atomic E-state index is -2.72. The number of aromatic nitrogens is 1. The molecular formula is C10H11BrF2N2O2.